The lowest BCUT2D eigenvalue weighted by Gasteiger charge is -2.14. The molecule has 94 valence electrons. The molecule has 1 aliphatic rings. The standard InChI is InChI=1S/C14H14BrNO2/c1-3-4-9(2)16-14(17)12-8-18-13-6-5-10(15)7-11(12)13/h1,5-7,9,12H,4,8H2,2H3,(H,16,17). The Morgan fingerprint density at radius 1 is 1.72 bits per heavy atom. The van der Waals surface area contributed by atoms with E-state index < -0.39 is 0 Å². The molecule has 3 nitrogen and oxygen atoms in total. The molecule has 1 N–H and O–H groups in total. The molecule has 0 radical (unpaired) electrons. The minimum absolute atomic E-state index is 0.0151. The summed E-state index contributed by atoms with van der Waals surface area (Å²) in [6, 6.07) is 5.69. The van der Waals surface area contributed by atoms with Crippen LogP contribution in [0.25, 0.3) is 0 Å². The van der Waals surface area contributed by atoms with Crippen LogP contribution in [0.5, 0.6) is 5.75 Å². The third-order valence-corrected chi connectivity index (χ3v) is 3.38. The lowest BCUT2D eigenvalue weighted by molar-refractivity contribution is -0.123. The zero-order valence-corrected chi connectivity index (χ0v) is 11.7. The first-order chi connectivity index (χ1) is 8.61. The van der Waals surface area contributed by atoms with Crippen molar-refractivity contribution in [3.8, 4) is 18.1 Å². The van der Waals surface area contributed by atoms with Crippen molar-refractivity contribution in [1.82, 2.24) is 5.32 Å². The zero-order valence-electron chi connectivity index (χ0n) is 10.1. The molecule has 0 bridgehead atoms. The van der Waals surface area contributed by atoms with Crippen LogP contribution in [0, 0.1) is 12.3 Å². The second-order valence-electron chi connectivity index (χ2n) is 4.36. The van der Waals surface area contributed by atoms with Crippen LogP contribution in [0.4, 0.5) is 0 Å². The molecule has 1 aromatic rings. The fourth-order valence-electron chi connectivity index (χ4n) is 1.97. The number of terminal acetylenes is 1. The highest BCUT2D eigenvalue weighted by molar-refractivity contribution is 9.10. The first kappa shape index (κ1) is 13.0. The van der Waals surface area contributed by atoms with Crippen LogP contribution in [0.1, 0.15) is 24.8 Å². The van der Waals surface area contributed by atoms with Crippen molar-refractivity contribution in [2.45, 2.75) is 25.3 Å². The summed E-state index contributed by atoms with van der Waals surface area (Å²) in [6.45, 7) is 2.29. The minimum Gasteiger partial charge on any atom is -0.492 e. The number of benzene rings is 1. The molecule has 1 amide bonds. The summed E-state index contributed by atoms with van der Waals surface area (Å²) >= 11 is 3.40. The van der Waals surface area contributed by atoms with Gasteiger partial charge in [0, 0.05) is 22.5 Å². The second kappa shape index (κ2) is 5.45. The summed E-state index contributed by atoms with van der Waals surface area (Å²) < 4.78 is 6.45. The monoisotopic (exact) mass is 307 g/mol. The van der Waals surface area contributed by atoms with Crippen molar-refractivity contribution in [2.75, 3.05) is 6.61 Å². The number of nitrogens with one attached hydrogen (secondary N) is 1. The predicted molar refractivity (Wildman–Crippen MR) is 73.4 cm³/mol. The van der Waals surface area contributed by atoms with E-state index >= 15 is 0 Å². The Bertz CT molecular complexity index is 507. The number of fused-ring (bicyclic) bond motifs is 1. The zero-order chi connectivity index (χ0) is 13.1. The van der Waals surface area contributed by atoms with Crippen LogP contribution in [0.15, 0.2) is 22.7 Å². The Balaban J connectivity index is 2.11. The highest BCUT2D eigenvalue weighted by atomic mass is 79.9. The van der Waals surface area contributed by atoms with E-state index in [9.17, 15) is 4.79 Å². The van der Waals surface area contributed by atoms with Gasteiger partial charge in [0.05, 0.1) is 0 Å². The molecule has 18 heavy (non-hydrogen) atoms. The van der Waals surface area contributed by atoms with E-state index in [0.717, 1.165) is 15.8 Å². The van der Waals surface area contributed by atoms with Gasteiger partial charge in [-0.2, -0.15) is 0 Å². The predicted octanol–water partition coefficient (Wildman–Crippen LogP) is 2.45. The van der Waals surface area contributed by atoms with Crippen molar-refractivity contribution < 1.29 is 9.53 Å². The Morgan fingerprint density at radius 2 is 2.50 bits per heavy atom. The van der Waals surface area contributed by atoms with E-state index in [2.05, 4.69) is 27.2 Å². The van der Waals surface area contributed by atoms with Gasteiger partial charge in [-0.1, -0.05) is 15.9 Å². The van der Waals surface area contributed by atoms with Gasteiger partial charge in [-0.05, 0) is 25.1 Å². The van der Waals surface area contributed by atoms with E-state index in [4.69, 9.17) is 11.2 Å². The summed E-state index contributed by atoms with van der Waals surface area (Å²) in [5, 5.41) is 2.91. The number of carbonyl (C=O) groups excluding carboxylic acids is 1. The molecular weight excluding hydrogens is 294 g/mol. The largest absolute Gasteiger partial charge is 0.492 e. The third kappa shape index (κ3) is 2.68. The third-order valence-electron chi connectivity index (χ3n) is 2.88. The fraction of sp³-hybridized carbons (Fsp3) is 0.357. The van der Waals surface area contributed by atoms with Crippen LogP contribution >= 0.6 is 15.9 Å². The Morgan fingerprint density at radius 3 is 3.22 bits per heavy atom. The van der Waals surface area contributed by atoms with Gasteiger partial charge in [-0.3, -0.25) is 4.79 Å². The highest BCUT2D eigenvalue weighted by Crippen LogP contribution is 2.35. The van der Waals surface area contributed by atoms with Crippen molar-refractivity contribution in [2.24, 2.45) is 0 Å². The summed E-state index contributed by atoms with van der Waals surface area (Å²) in [6.07, 6.45) is 5.76. The first-order valence-electron chi connectivity index (χ1n) is 5.78. The van der Waals surface area contributed by atoms with Gasteiger partial charge in [0.15, 0.2) is 0 Å². The van der Waals surface area contributed by atoms with E-state index in [1.807, 2.05) is 25.1 Å². The maximum absolute atomic E-state index is 12.1. The Labute approximate surface area is 115 Å². The first-order valence-corrected chi connectivity index (χ1v) is 6.57. The fourth-order valence-corrected chi connectivity index (χ4v) is 2.35. The lowest BCUT2D eigenvalue weighted by Crippen LogP contribution is -2.36. The van der Waals surface area contributed by atoms with Crippen LogP contribution < -0.4 is 10.1 Å². The number of rotatable bonds is 3. The lowest BCUT2D eigenvalue weighted by atomic mass is 10.00. The topological polar surface area (TPSA) is 38.3 Å². The highest BCUT2D eigenvalue weighted by Gasteiger charge is 2.30. The number of hydrogen-bond acceptors (Lipinski definition) is 2. The van der Waals surface area contributed by atoms with Crippen molar-refractivity contribution in [3.63, 3.8) is 0 Å². The van der Waals surface area contributed by atoms with Gasteiger partial charge in [-0.15, -0.1) is 12.3 Å². The number of hydrogen-bond donors (Lipinski definition) is 1. The van der Waals surface area contributed by atoms with Gasteiger partial charge < -0.3 is 10.1 Å². The summed E-state index contributed by atoms with van der Waals surface area (Å²) in [5.74, 6) is 3.03. The van der Waals surface area contributed by atoms with Gasteiger partial charge >= 0.3 is 0 Å². The molecule has 1 heterocycles. The van der Waals surface area contributed by atoms with E-state index in [1.165, 1.54) is 0 Å². The van der Waals surface area contributed by atoms with Crippen LogP contribution in [0.2, 0.25) is 0 Å². The molecule has 0 saturated heterocycles. The molecule has 0 saturated carbocycles. The Hall–Kier alpha value is -1.47. The maximum Gasteiger partial charge on any atom is 0.231 e. The van der Waals surface area contributed by atoms with E-state index in [1.54, 1.807) is 0 Å². The molecule has 0 spiro atoms. The van der Waals surface area contributed by atoms with Gasteiger partial charge in [-0.25, -0.2) is 0 Å². The smallest absolute Gasteiger partial charge is 0.231 e. The molecule has 0 aliphatic carbocycles. The molecule has 0 fully saturated rings. The average Bonchev–Trinajstić information content (AvgIpc) is 2.71. The second-order valence-corrected chi connectivity index (χ2v) is 5.28. The normalized spacial score (nSPS) is 18.4. The van der Waals surface area contributed by atoms with Crippen LogP contribution in [0.3, 0.4) is 0 Å². The summed E-state index contributed by atoms with van der Waals surface area (Å²) in [5.41, 5.74) is 0.926. The van der Waals surface area contributed by atoms with Crippen LogP contribution in [-0.2, 0) is 4.79 Å². The van der Waals surface area contributed by atoms with E-state index in [-0.39, 0.29) is 17.9 Å². The number of halogens is 1. The van der Waals surface area contributed by atoms with Gasteiger partial charge in [0.25, 0.3) is 0 Å². The van der Waals surface area contributed by atoms with Crippen LogP contribution in [-0.4, -0.2) is 18.6 Å². The number of amides is 1. The number of carbonyl (C=O) groups is 1. The van der Waals surface area contributed by atoms with Crippen molar-refractivity contribution in [1.29, 1.82) is 0 Å². The molecular formula is C14H14BrNO2. The molecule has 2 unspecified atom stereocenters. The summed E-state index contributed by atoms with van der Waals surface area (Å²) in [4.78, 5) is 12.1. The quantitative estimate of drug-likeness (QED) is 0.871. The van der Waals surface area contributed by atoms with Crippen molar-refractivity contribution >= 4 is 21.8 Å². The van der Waals surface area contributed by atoms with Gasteiger partial charge in [0.1, 0.15) is 18.3 Å². The minimum atomic E-state index is -0.252. The van der Waals surface area contributed by atoms with Crippen molar-refractivity contribution in [3.05, 3.63) is 28.2 Å². The summed E-state index contributed by atoms with van der Waals surface area (Å²) in [7, 11) is 0. The SMILES string of the molecule is C#CCC(C)NC(=O)C1COc2ccc(Br)cc21. The maximum atomic E-state index is 12.1. The van der Waals surface area contributed by atoms with E-state index in [0.29, 0.717) is 13.0 Å². The molecule has 0 aromatic heterocycles. The molecule has 2 atom stereocenters. The molecule has 4 heteroatoms. The molecule has 1 aliphatic heterocycles. The molecule has 2 rings (SSSR count). The molecule has 1 aromatic carbocycles. The number of ether oxygens (including phenoxy) is 1. The Kier molecular flexibility index (Phi) is 3.93. The van der Waals surface area contributed by atoms with Gasteiger partial charge in [0.2, 0.25) is 5.91 Å². The average molecular weight is 308 g/mol.